The Morgan fingerprint density at radius 2 is 1.63 bits per heavy atom. The number of ether oxygens (including phenoxy) is 2. The number of aromatic nitrogens is 4. The van der Waals surface area contributed by atoms with Crippen molar-refractivity contribution in [2.45, 2.75) is 102 Å². The highest BCUT2D eigenvalue weighted by Gasteiger charge is 2.42. The normalized spacial score (nSPS) is 24.9. The van der Waals surface area contributed by atoms with Gasteiger partial charge in [-0.15, -0.1) is 0 Å². The summed E-state index contributed by atoms with van der Waals surface area (Å²) < 4.78 is 44.3. The molecule has 0 bridgehead atoms. The highest BCUT2D eigenvalue weighted by molar-refractivity contribution is 6.05. The fourth-order valence-corrected chi connectivity index (χ4v) is 9.84. The van der Waals surface area contributed by atoms with E-state index in [1.165, 1.54) is 4.90 Å². The fraction of sp³-hybridized carbons (Fsp3) is 0.545. The van der Waals surface area contributed by atoms with Gasteiger partial charge in [-0.05, 0) is 94.9 Å². The number of nitrogens with one attached hydrogen (secondary N) is 2. The predicted molar refractivity (Wildman–Crippen MR) is 219 cm³/mol. The number of imide groups is 1. The number of hydrogen-bond acceptors (Lipinski definition) is 11. The van der Waals surface area contributed by atoms with E-state index in [1.807, 2.05) is 18.2 Å². The number of fused-ring (bicyclic) bond motifs is 2. The number of piperazine rings is 1. The number of aromatic amines is 1. The number of carbonyl (C=O) groups is 3. The maximum atomic E-state index is 16.0. The van der Waals surface area contributed by atoms with Crippen LogP contribution in [-0.4, -0.2) is 117 Å². The summed E-state index contributed by atoms with van der Waals surface area (Å²) in [7, 11) is 0. The van der Waals surface area contributed by atoms with Crippen molar-refractivity contribution >= 4 is 40.1 Å². The molecule has 2 aromatic heterocycles. The number of rotatable bonds is 10. The molecule has 6 heterocycles. The molecule has 2 aromatic carbocycles. The summed E-state index contributed by atoms with van der Waals surface area (Å²) in [5.41, 5.74) is 2.39. The monoisotopic (exact) mass is 823 g/mol. The van der Waals surface area contributed by atoms with Crippen molar-refractivity contribution < 1.29 is 32.6 Å². The number of amides is 3. The molecule has 60 heavy (non-hydrogen) atoms. The molecule has 3 amide bonds. The van der Waals surface area contributed by atoms with Gasteiger partial charge in [-0.25, -0.2) is 18.7 Å². The number of H-pyrrole nitrogens is 1. The van der Waals surface area contributed by atoms with Crippen molar-refractivity contribution in [3.05, 3.63) is 59.4 Å². The number of nitrogens with zero attached hydrogens (tertiary/aromatic N) is 7. The Hall–Kier alpha value is -5.22. The number of carbonyl (C=O) groups excluding carboxylic acids is 3. The summed E-state index contributed by atoms with van der Waals surface area (Å²) in [4.78, 5) is 54.1. The average molecular weight is 824 g/mol. The largest absolute Gasteiger partial charge is 0.488 e. The third-order valence-corrected chi connectivity index (χ3v) is 13.6. The van der Waals surface area contributed by atoms with E-state index in [9.17, 15) is 14.4 Å². The molecule has 4 aliphatic heterocycles. The number of anilines is 2. The molecule has 2 N–H and O–H groups in total. The predicted octanol–water partition coefficient (Wildman–Crippen LogP) is 5.36. The first kappa shape index (κ1) is 38.9. The van der Waals surface area contributed by atoms with Crippen LogP contribution in [0.25, 0.3) is 22.3 Å². The van der Waals surface area contributed by atoms with Gasteiger partial charge in [0.1, 0.15) is 46.7 Å². The summed E-state index contributed by atoms with van der Waals surface area (Å²) in [6.07, 6.45) is 10.6. The third kappa shape index (κ3) is 7.68. The number of piperidine rings is 2. The summed E-state index contributed by atoms with van der Waals surface area (Å²) in [6, 6.07) is 8.30. The first-order valence-electron chi connectivity index (χ1n) is 21.6. The van der Waals surface area contributed by atoms with Crippen LogP contribution >= 0.6 is 0 Å². The minimum absolute atomic E-state index is 0.0538. The zero-order chi connectivity index (χ0) is 41.1. The molecular weight excluding hydrogens is 773 g/mol. The van der Waals surface area contributed by atoms with E-state index in [1.54, 1.807) is 11.2 Å². The SMILES string of the molecule is CC1(Oc2ccc3[nH]nc(-c4cc(N5CCC(O[C@H]6CC[C@H](CN7CCN(c8c(F)cc9c(c8F)CN(C8CCC(=O)NC8=O)C9=O)CC7)CC6)CC5)ncn4)c3c2)CC1. The summed E-state index contributed by atoms with van der Waals surface area (Å²) in [6.45, 7) is 7.01. The molecule has 1 atom stereocenters. The lowest BCUT2D eigenvalue weighted by atomic mass is 9.86. The molecule has 0 spiro atoms. The van der Waals surface area contributed by atoms with Crippen LogP contribution in [0.5, 0.6) is 5.75 Å². The Kier molecular flexibility index (Phi) is 10.2. The molecule has 4 aromatic rings. The van der Waals surface area contributed by atoms with Crippen molar-refractivity contribution in [3.8, 4) is 17.1 Å². The zero-order valence-corrected chi connectivity index (χ0v) is 33.9. The van der Waals surface area contributed by atoms with Crippen LogP contribution in [0.3, 0.4) is 0 Å². The topological polar surface area (TPSA) is 149 Å². The van der Waals surface area contributed by atoms with Gasteiger partial charge in [0, 0.05) is 69.3 Å². The van der Waals surface area contributed by atoms with E-state index in [4.69, 9.17) is 9.47 Å². The molecule has 5 fully saturated rings. The van der Waals surface area contributed by atoms with Gasteiger partial charge >= 0.3 is 0 Å². The Bertz CT molecular complexity index is 2310. The van der Waals surface area contributed by atoms with Crippen LogP contribution in [0.1, 0.15) is 87.1 Å². The fourth-order valence-electron chi connectivity index (χ4n) is 9.84. The minimum atomic E-state index is -0.885. The molecule has 3 saturated heterocycles. The molecule has 316 valence electrons. The van der Waals surface area contributed by atoms with E-state index in [0.717, 1.165) is 111 Å². The van der Waals surface area contributed by atoms with Crippen LogP contribution < -0.4 is 19.9 Å². The summed E-state index contributed by atoms with van der Waals surface area (Å²) in [5.74, 6) is -0.787. The van der Waals surface area contributed by atoms with Crippen molar-refractivity contribution in [1.82, 2.24) is 35.3 Å². The summed E-state index contributed by atoms with van der Waals surface area (Å²) >= 11 is 0. The zero-order valence-electron chi connectivity index (χ0n) is 33.9. The Morgan fingerprint density at radius 1 is 0.867 bits per heavy atom. The Balaban J connectivity index is 0.675. The molecule has 1 unspecified atom stereocenters. The number of halogens is 2. The van der Waals surface area contributed by atoms with Crippen molar-refractivity contribution in [3.63, 3.8) is 0 Å². The molecule has 10 rings (SSSR count). The molecule has 14 nitrogen and oxygen atoms in total. The van der Waals surface area contributed by atoms with Crippen molar-refractivity contribution in [1.29, 1.82) is 0 Å². The van der Waals surface area contributed by atoms with Gasteiger partial charge in [-0.1, -0.05) is 0 Å². The van der Waals surface area contributed by atoms with Crippen LogP contribution in [0.15, 0.2) is 36.7 Å². The highest BCUT2D eigenvalue weighted by atomic mass is 19.1. The second kappa shape index (κ2) is 15.7. The van der Waals surface area contributed by atoms with Crippen LogP contribution in [0.2, 0.25) is 0 Å². The number of hydrogen-bond donors (Lipinski definition) is 2. The second-order valence-electron chi connectivity index (χ2n) is 17.8. The average Bonchev–Trinajstić information content (AvgIpc) is 3.67. The first-order chi connectivity index (χ1) is 29.1. The van der Waals surface area contributed by atoms with E-state index in [2.05, 4.69) is 48.3 Å². The van der Waals surface area contributed by atoms with Crippen LogP contribution in [-0.2, 0) is 20.9 Å². The van der Waals surface area contributed by atoms with E-state index in [-0.39, 0.29) is 54.0 Å². The van der Waals surface area contributed by atoms with E-state index < -0.39 is 35.4 Å². The van der Waals surface area contributed by atoms with Gasteiger partial charge in [-0.3, -0.25) is 29.7 Å². The Labute approximate surface area is 347 Å². The minimum Gasteiger partial charge on any atom is -0.488 e. The van der Waals surface area contributed by atoms with Gasteiger partial charge in [0.15, 0.2) is 5.82 Å². The molecule has 2 aliphatic carbocycles. The van der Waals surface area contributed by atoms with Crippen molar-refractivity contribution in [2.24, 2.45) is 5.92 Å². The molecular formula is C44H51F2N9O5. The maximum Gasteiger partial charge on any atom is 0.255 e. The smallest absolute Gasteiger partial charge is 0.255 e. The standard InChI is InChI=1S/C44H51F2N9O5/c1-44(12-13-44)60-29-6-7-34-31(20-29)40(51-50-34)35-22-37(48-25-47-35)53-14-10-28(11-15-53)59-27-4-2-26(3-5-27)23-52-16-18-54(19-17-52)41-33(45)21-30-32(39(41)46)24-55(43(30)58)36-8-9-38(56)49-42(36)57/h6-7,20-22,25-28,36H,2-5,8-19,23-24H2,1H3,(H,50,51)(H,49,56,57)/t26-,27-,36?. The van der Waals surface area contributed by atoms with E-state index in [0.29, 0.717) is 32.1 Å². The van der Waals surface area contributed by atoms with Crippen molar-refractivity contribution in [2.75, 3.05) is 55.6 Å². The van der Waals surface area contributed by atoms with Gasteiger partial charge in [0.25, 0.3) is 5.91 Å². The first-order valence-corrected chi connectivity index (χ1v) is 21.6. The lowest BCUT2D eigenvalue weighted by Crippen LogP contribution is -2.52. The molecule has 0 radical (unpaired) electrons. The van der Waals surface area contributed by atoms with E-state index >= 15 is 8.78 Å². The summed E-state index contributed by atoms with van der Waals surface area (Å²) in [5, 5.41) is 11.0. The quantitative estimate of drug-likeness (QED) is 0.199. The van der Waals surface area contributed by atoms with Gasteiger partial charge in [0.2, 0.25) is 11.8 Å². The lowest BCUT2D eigenvalue weighted by molar-refractivity contribution is -0.136. The molecule has 6 aliphatic rings. The number of benzene rings is 2. The highest BCUT2D eigenvalue weighted by Crippen LogP contribution is 2.41. The maximum absolute atomic E-state index is 16.0. The molecule has 16 heteroatoms. The van der Waals surface area contributed by atoms with Gasteiger partial charge in [0.05, 0.1) is 35.5 Å². The van der Waals surface area contributed by atoms with Gasteiger partial charge in [-0.2, -0.15) is 5.10 Å². The lowest BCUT2D eigenvalue weighted by Gasteiger charge is -2.40. The third-order valence-electron chi connectivity index (χ3n) is 13.6. The second-order valence-corrected chi connectivity index (χ2v) is 17.8. The molecule has 2 saturated carbocycles. The van der Waals surface area contributed by atoms with Gasteiger partial charge < -0.3 is 24.2 Å². The van der Waals surface area contributed by atoms with Crippen LogP contribution in [0.4, 0.5) is 20.3 Å². The Morgan fingerprint density at radius 3 is 2.38 bits per heavy atom. The van der Waals surface area contributed by atoms with Crippen LogP contribution in [0, 0.1) is 17.6 Å².